The number of hydrazone groups is 1. The smallest absolute Gasteiger partial charge is 0.257 e. The second-order valence-electron chi connectivity index (χ2n) is 9.15. The minimum absolute atomic E-state index is 0.0733. The summed E-state index contributed by atoms with van der Waals surface area (Å²) >= 11 is 6.25. The van der Waals surface area contributed by atoms with E-state index in [0.717, 1.165) is 44.3 Å². The van der Waals surface area contributed by atoms with Gasteiger partial charge in [-0.1, -0.05) is 48.4 Å². The Labute approximate surface area is 222 Å². The minimum Gasteiger partial charge on any atom is -0.455 e. The Morgan fingerprint density at radius 3 is 2.51 bits per heavy atom. The zero-order valence-corrected chi connectivity index (χ0v) is 21.6. The Kier molecular flexibility index (Phi) is 9.91. The van der Waals surface area contributed by atoms with Gasteiger partial charge in [-0.2, -0.15) is 5.10 Å². The molecule has 3 aromatic rings. The highest BCUT2D eigenvalue weighted by atomic mass is 35.5. The summed E-state index contributed by atoms with van der Waals surface area (Å²) in [7, 11) is 0. The number of hydrogen-bond acceptors (Lipinski definition) is 5. The van der Waals surface area contributed by atoms with Gasteiger partial charge in [0.15, 0.2) is 0 Å². The fraction of sp³-hybridized carbons (Fsp3) is 0.345. The van der Waals surface area contributed by atoms with Crippen molar-refractivity contribution in [1.29, 1.82) is 0 Å². The molecule has 0 saturated carbocycles. The first-order chi connectivity index (χ1) is 18.1. The fourth-order valence-corrected chi connectivity index (χ4v) is 4.76. The molecule has 1 aliphatic heterocycles. The van der Waals surface area contributed by atoms with Crippen LogP contribution in [-0.2, 0) is 4.79 Å². The molecule has 2 heterocycles. The number of carbonyl (C=O) groups excluding carboxylic acids is 2. The molecule has 1 atom stereocenters. The number of carbonyl (C=O) groups is 2. The lowest BCUT2D eigenvalue weighted by molar-refractivity contribution is -0.127. The van der Waals surface area contributed by atoms with Crippen molar-refractivity contribution in [1.82, 2.24) is 15.6 Å². The molecule has 4 rings (SSSR count). The standard InChI is InChI=1S/C29H33ClN4O3/c30-25-14-6-5-13-24(25)27-17-16-23(37-27)21-32-33-29(36)26(34-19-9-2-10-20-34)15-7-8-18-31-28(35)22-11-3-1-4-12-22/h1,3-6,11-14,16-17,21,26H,2,7-10,15,18-20H2,(H,31,35)(H,33,36)/b32-21+/t26-/m1/s1. The molecule has 1 aromatic heterocycles. The van der Waals surface area contributed by atoms with Crippen molar-refractivity contribution in [2.75, 3.05) is 19.6 Å². The highest BCUT2D eigenvalue weighted by Crippen LogP contribution is 2.28. The number of unbranched alkanes of at least 4 members (excludes halogenated alkanes) is 1. The Bertz CT molecular complexity index is 1190. The summed E-state index contributed by atoms with van der Waals surface area (Å²) in [6.45, 7) is 2.39. The number of nitrogens with zero attached hydrogens (tertiary/aromatic N) is 2. The number of nitrogens with one attached hydrogen (secondary N) is 2. The van der Waals surface area contributed by atoms with Crippen molar-refractivity contribution >= 4 is 29.6 Å². The number of hydrogen-bond donors (Lipinski definition) is 2. The molecule has 1 aliphatic rings. The van der Waals surface area contributed by atoms with Gasteiger partial charge in [0.25, 0.3) is 11.8 Å². The predicted octanol–water partition coefficient (Wildman–Crippen LogP) is 5.50. The van der Waals surface area contributed by atoms with Crippen LogP contribution in [0.1, 0.15) is 54.6 Å². The van der Waals surface area contributed by atoms with E-state index in [-0.39, 0.29) is 17.9 Å². The molecule has 0 aliphatic carbocycles. The number of piperidine rings is 1. The first-order valence-corrected chi connectivity index (χ1v) is 13.2. The zero-order valence-electron chi connectivity index (χ0n) is 20.9. The number of likely N-dealkylation sites (tertiary alicyclic amines) is 1. The van der Waals surface area contributed by atoms with E-state index in [1.54, 1.807) is 18.2 Å². The third-order valence-corrected chi connectivity index (χ3v) is 6.82. The molecule has 7 nitrogen and oxygen atoms in total. The van der Waals surface area contributed by atoms with Crippen LogP contribution >= 0.6 is 11.6 Å². The quantitative estimate of drug-likeness (QED) is 0.198. The summed E-state index contributed by atoms with van der Waals surface area (Å²) in [5, 5.41) is 7.72. The summed E-state index contributed by atoms with van der Waals surface area (Å²) < 4.78 is 5.82. The van der Waals surface area contributed by atoms with E-state index in [4.69, 9.17) is 16.0 Å². The maximum atomic E-state index is 13.1. The highest BCUT2D eigenvalue weighted by Gasteiger charge is 2.26. The van der Waals surface area contributed by atoms with Crippen molar-refractivity contribution in [2.45, 2.75) is 44.6 Å². The van der Waals surface area contributed by atoms with Crippen LogP contribution in [0.3, 0.4) is 0 Å². The molecule has 8 heteroatoms. The number of amides is 2. The zero-order chi connectivity index (χ0) is 25.9. The summed E-state index contributed by atoms with van der Waals surface area (Å²) in [4.78, 5) is 27.5. The maximum Gasteiger partial charge on any atom is 0.257 e. The Balaban J connectivity index is 1.28. The minimum atomic E-state index is -0.252. The number of halogens is 1. The van der Waals surface area contributed by atoms with E-state index in [1.165, 1.54) is 12.6 Å². The van der Waals surface area contributed by atoms with Gasteiger partial charge in [-0.05, 0) is 81.6 Å². The van der Waals surface area contributed by atoms with Crippen LogP contribution in [0.4, 0.5) is 0 Å². The predicted molar refractivity (Wildman–Crippen MR) is 147 cm³/mol. The second-order valence-corrected chi connectivity index (χ2v) is 9.55. The average molecular weight is 521 g/mol. The van der Waals surface area contributed by atoms with E-state index >= 15 is 0 Å². The van der Waals surface area contributed by atoms with Gasteiger partial charge in [0, 0.05) is 17.7 Å². The van der Waals surface area contributed by atoms with Crippen LogP contribution in [0.25, 0.3) is 11.3 Å². The number of benzene rings is 2. The molecule has 0 unspecified atom stereocenters. The van der Waals surface area contributed by atoms with Crippen molar-refractivity contribution in [3.05, 3.63) is 83.1 Å². The molecular formula is C29H33ClN4O3. The van der Waals surface area contributed by atoms with Gasteiger partial charge in [0.05, 0.1) is 17.3 Å². The van der Waals surface area contributed by atoms with Gasteiger partial charge in [-0.25, -0.2) is 5.43 Å². The van der Waals surface area contributed by atoms with E-state index in [9.17, 15) is 9.59 Å². The molecule has 194 valence electrons. The van der Waals surface area contributed by atoms with Crippen LogP contribution in [-0.4, -0.2) is 48.6 Å². The SMILES string of the molecule is O=C(NCCCC[C@H](C(=O)N/N=C/c1ccc(-c2ccccc2Cl)o1)N1CCCCC1)c1ccccc1. The van der Waals surface area contributed by atoms with E-state index in [1.807, 2.05) is 48.5 Å². The van der Waals surface area contributed by atoms with Gasteiger partial charge in [-0.15, -0.1) is 0 Å². The van der Waals surface area contributed by atoms with E-state index < -0.39 is 0 Å². The van der Waals surface area contributed by atoms with E-state index in [0.29, 0.717) is 35.1 Å². The lowest BCUT2D eigenvalue weighted by Crippen LogP contribution is -2.47. The second kappa shape index (κ2) is 13.8. The normalized spacial score (nSPS) is 14.9. The topological polar surface area (TPSA) is 86.9 Å². The summed E-state index contributed by atoms with van der Waals surface area (Å²) in [6.07, 6.45) is 7.23. The third kappa shape index (κ3) is 7.78. The summed E-state index contributed by atoms with van der Waals surface area (Å²) in [5.74, 6) is 0.975. The lowest BCUT2D eigenvalue weighted by atomic mass is 10.0. The molecule has 0 radical (unpaired) electrons. The first-order valence-electron chi connectivity index (χ1n) is 12.9. The largest absolute Gasteiger partial charge is 0.455 e. The van der Waals surface area contributed by atoms with Crippen LogP contribution in [0, 0.1) is 0 Å². The van der Waals surface area contributed by atoms with Crippen LogP contribution in [0.5, 0.6) is 0 Å². The summed E-state index contributed by atoms with van der Waals surface area (Å²) in [5.41, 5.74) is 4.16. The molecular weight excluding hydrogens is 488 g/mol. The van der Waals surface area contributed by atoms with Gasteiger partial charge >= 0.3 is 0 Å². The summed E-state index contributed by atoms with van der Waals surface area (Å²) in [6, 6.07) is 20.0. The molecule has 2 aromatic carbocycles. The Hall–Kier alpha value is -3.42. The number of rotatable bonds is 11. The maximum absolute atomic E-state index is 13.1. The molecule has 0 spiro atoms. The van der Waals surface area contributed by atoms with Gasteiger partial charge in [0.2, 0.25) is 0 Å². The molecule has 2 N–H and O–H groups in total. The van der Waals surface area contributed by atoms with Crippen molar-refractivity contribution in [2.24, 2.45) is 5.10 Å². The first kappa shape index (κ1) is 26.6. The Morgan fingerprint density at radius 1 is 0.973 bits per heavy atom. The lowest BCUT2D eigenvalue weighted by Gasteiger charge is -2.33. The monoisotopic (exact) mass is 520 g/mol. The fourth-order valence-electron chi connectivity index (χ4n) is 4.53. The van der Waals surface area contributed by atoms with Gasteiger partial charge in [0.1, 0.15) is 11.5 Å². The van der Waals surface area contributed by atoms with Gasteiger partial charge < -0.3 is 9.73 Å². The average Bonchev–Trinajstić information content (AvgIpc) is 3.40. The molecule has 2 amide bonds. The molecule has 0 bridgehead atoms. The van der Waals surface area contributed by atoms with Crippen LogP contribution in [0.15, 0.2) is 76.2 Å². The van der Waals surface area contributed by atoms with E-state index in [2.05, 4.69) is 20.7 Å². The van der Waals surface area contributed by atoms with Gasteiger partial charge in [-0.3, -0.25) is 14.5 Å². The van der Waals surface area contributed by atoms with Crippen molar-refractivity contribution < 1.29 is 14.0 Å². The molecule has 1 fully saturated rings. The highest BCUT2D eigenvalue weighted by molar-refractivity contribution is 6.33. The number of furan rings is 1. The third-order valence-electron chi connectivity index (χ3n) is 6.49. The van der Waals surface area contributed by atoms with Crippen molar-refractivity contribution in [3.63, 3.8) is 0 Å². The van der Waals surface area contributed by atoms with Crippen LogP contribution in [0.2, 0.25) is 5.02 Å². The van der Waals surface area contributed by atoms with Crippen LogP contribution < -0.4 is 10.7 Å². The molecule has 37 heavy (non-hydrogen) atoms. The Morgan fingerprint density at radius 2 is 1.73 bits per heavy atom. The molecule has 1 saturated heterocycles. The van der Waals surface area contributed by atoms with Crippen molar-refractivity contribution in [3.8, 4) is 11.3 Å².